The van der Waals surface area contributed by atoms with Crippen LogP contribution in [0.25, 0.3) is 0 Å². The van der Waals surface area contributed by atoms with Crippen LogP contribution in [0.4, 0.5) is 4.39 Å². The summed E-state index contributed by atoms with van der Waals surface area (Å²) in [5, 5.41) is 3.54. The van der Waals surface area contributed by atoms with Crippen LogP contribution in [0.5, 0.6) is 11.6 Å². The lowest BCUT2D eigenvalue weighted by Crippen LogP contribution is -2.07. The SMILES string of the molecule is CNCc1nc(Oc2ccc(F)cc2Br)ccc1Cl. The van der Waals surface area contributed by atoms with E-state index in [-0.39, 0.29) is 5.82 Å². The fraction of sp³-hybridized carbons (Fsp3) is 0.154. The second-order valence-corrected chi connectivity index (χ2v) is 5.05. The van der Waals surface area contributed by atoms with Gasteiger partial charge in [-0.15, -0.1) is 0 Å². The number of benzene rings is 1. The normalized spacial score (nSPS) is 10.5. The molecule has 2 rings (SSSR count). The van der Waals surface area contributed by atoms with E-state index in [1.165, 1.54) is 18.2 Å². The summed E-state index contributed by atoms with van der Waals surface area (Å²) < 4.78 is 19.1. The minimum absolute atomic E-state index is 0.334. The van der Waals surface area contributed by atoms with Crippen molar-refractivity contribution in [2.45, 2.75) is 6.54 Å². The lowest BCUT2D eigenvalue weighted by molar-refractivity contribution is 0.455. The van der Waals surface area contributed by atoms with E-state index in [0.29, 0.717) is 33.4 Å². The summed E-state index contributed by atoms with van der Waals surface area (Å²) in [6.07, 6.45) is 0. The van der Waals surface area contributed by atoms with Crippen LogP contribution >= 0.6 is 27.5 Å². The van der Waals surface area contributed by atoms with Crippen LogP contribution in [0.1, 0.15) is 5.69 Å². The number of rotatable bonds is 4. The molecule has 0 amide bonds. The molecule has 3 nitrogen and oxygen atoms in total. The van der Waals surface area contributed by atoms with Crippen molar-refractivity contribution >= 4 is 27.5 Å². The van der Waals surface area contributed by atoms with Crippen LogP contribution in [0.2, 0.25) is 5.02 Å². The topological polar surface area (TPSA) is 34.2 Å². The molecule has 0 fully saturated rings. The van der Waals surface area contributed by atoms with E-state index in [2.05, 4.69) is 26.2 Å². The Morgan fingerprint density at radius 2 is 2.16 bits per heavy atom. The molecule has 100 valence electrons. The van der Waals surface area contributed by atoms with Crippen molar-refractivity contribution < 1.29 is 9.13 Å². The molecule has 0 unspecified atom stereocenters. The average Bonchev–Trinajstić information content (AvgIpc) is 2.37. The van der Waals surface area contributed by atoms with Crippen LogP contribution in [0, 0.1) is 5.82 Å². The van der Waals surface area contributed by atoms with Gasteiger partial charge in [0.15, 0.2) is 0 Å². The third kappa shape index (κ3) is 3.65. The smallest absolute Gasteiger partial charge is 0.219 e. The second-order valence-electron chi connectivity index (χ2n) is 3.79. The zero-order valence-corrected chi connectivity index (χ0v) is 12.4. The fourth-order valence-corrected chi connectivity index (χ4v) is 2.09. The first-order valence-corrected chi connectivity index (χ1v) is 6.70. The standard InChI is InChI=1S/C13H11BrClFN2O/c1-17-7-11-10(15)3-5-13(18-11)19-12-4-2-8(16)6-9(12)14/h2-6,17H,7H2,1H3. The van der Waals surface area contributed by atoms with Gasteiger partial charge >= 0.3 is 0 Å². The van der Waals surface area contributed by atoms with E-state index in [0.717, 1.165) is 0 Å². The molecule has 1 N–H and O–H groups in total. The molecule has 0 aliphatic heterocycles. The minimum atomic E-state index is -0.334. The molecular formula is C13H11BrClFN2O. The molecule has 1 aromatic carbocycles. The molecule has 0 aliphatic rings. The van der Waals surface area contributed by atoms with Gasteiger partial charge in [0, 0.05) is 12.6 Å². The molecule has 0 spiro atoms. The van der Waals surface area contributed by atoms with Crippen molar-refractivity contribution in [3.8, 4) is 11.6 Å². The largest absolute Gasteiger partial charge is 0.438 e. The molecule has 0 bridgehead atoms. The fourth-order valence-electron chi connectivity index (χ4n) is 1.48. The molecule has 0 saturated carbocycles. The quantitative estimate of drug-likeness (QED) is 0.904. The van der Waals surface area contributed by atoms with Crippen molar-refractivity contribution in [2.24, 2.45) is 0 Å². The van der Waals surface area contributed by atoms with E-state index in [9.17, 15) is 4.39 Å². The van der Waals surface area contributed by atoms with Crippen molar-refractivity contribution in [3.63, 3.8) is 0 Å². The third-order valence-corrected chi connectivity index (χ3v) is 3.31. The Hall–Kier alpha value is -1.17. The van der Waals surface area contributed by atoms with Crippen molar-refractivity contribution in [1.29, 1.82) is 0 Å². The number of nitrogens with zero attached hydrogens (tertiary/aromatic N) is 1. The Kier molecular flexibility index (Phi) is 4.74. The molecule has 2 aromatic rings. The number of nitrogens with one attached hydrogen (secondary N) is 1. The summed E-state index contributed by atoms with van der Waals surface area (Å²) in [4.78, 5) is 4.29. The summed E-state index contributed by atoms with van der Waals surface area (Å²) in [5.41, 5.74) is 0.694. The highest BCUT2D eigenvalue weighted by atomic mass is 79.9. The van der Waals surface area contributed by atoms with Crippen LogP contribution in [0.15, 0.2) is 34.8 Å². The van der Waals surface area contributed by atoms with Gasteiger partial charge in [0.2, 0.25) is 5.88 Å². The Balaban J connectivity index is 2.25. The molecule has 6 heteroatoms. The summed E-state index contributed by atoms with van der Waals surface area (Å²) in [5.74, 6) is 0.563. The number of hydrogen-bond acceptors (Lipinski definition) is 3. The maximum Gasteiger partial charge on any atom is 0.219 e. The molecule has 0 saturated heterocycles. The van der Waals surface area contributed by atoms with Crippen molar-refractivity contribution in [1.82, 2.24) is 10.3 Å². The molecule has 0 aliphatic carbocycles. The molecule has 19 heavy (non-hydrogen) atoms. The number of pyridine rings is 1. The lowest BCUT2D eigenvalue weighted by Gasteiger charge is -2.09. The van der Waals surface area contributed by atoms with Crippen molar-refractivity contribution in [2.75, 3.05) is 7.05 Å². The Labute approximate surface area is 123 Å². The van der Waals surface area contributed by atoms with Crippen LogP contribution in [-0.4, -0.2) is 12.0 Å². The predicted molar refractivity (Wildman–Crippen MR) is 76.2 cm³/mol. The minimum Gasteiger partial charge on any atom is -0.438 e. The van der Waals surface area contributed by atoms with Gasteiger partial charge in [0.05, 0.1) is 15.2 Å². The predicted octanol–water partition coefficient (Wildman–Crippen LogP) is 4.15. The second kappa shape index (κ2) is 6.32. The summed E-state index contributed by atoms with van der Waals surface area (Å²) >= 11 is 9.25. The van der Waals surface area contributed by atoms with Crippen molar-refractivity contribution in [3.05, 3.63) is 51.3 Å². The number of hydrogen-bond donors (Lipinski definition) is 1. The highest BCUT2D eigenvalue weighted by molar-refractivity contribution is 9.10. The zero-order valence-electron chi connectivity index (χ0n) is 10.1. The summed E-state index contributed by atoms with van der Waals surface area (Å²) in [6.45, 7) is 0.542. The van der Waals surface area contributed by atoms with E-state index in [4.69, 9.17) is 16.3 Å². The van der Waals surface area contributed by atoms with Crippen LogP contribution in [-0.2, 0) is 6.54 Å². The van der Waals surface area contributed by atoms with Gasteiger partial charge in [0.25, 0.3) is 0 Å². The zero-order chi connectivity index (χ0) is 13.8. The maximum atomic E-state index is 13.0. The van der Waals surface area contributed by atoms with E-state index in [1.807, 2.05) is 7.05 Å². The first-order valence-electron chi connectivity index (χ1n) is 5.53. The monoisotopic (exact) mass is 344 g/mol. The van der Waals surface area contributed by atoms with E-state index >= 15 is 0 Å². The van der Waals surface area contributed by atoms with Crippen LogP contribution < -0.4 is 10.1 Å². The summed E-state index contributed by atoms with van der Waals surface area (Å²) in [7, 11) is 1.81. The van der Waals surface area contributed by atoms with Gasteiger partial charge < -0.3 is 10.1 Å². The Morgan fingerprint density at radius 1 is 1.37 bits per heavy atom. The van der Waals surface area contributed by atoms with E-state index in [1.54, 1.807) is 12.1 Å². The molecule has 1 heterocycles. The maximum absolute atomic E-state index is 13.0. The average molecular weight is 346 g/mol. The summed E-state index contributed by atoms with van der Waals surface area (Å²) in [6, 6.07) is 7.57. The third-order valence-electron chi connectivity index (χ3n) is 2.35. The first kappa shape index (κ1) is 14.2. The van der Waals surface area contributed by atoms with Gasteiger partial charge in [-0.3, -0.25) is 0 Å². The molecular weight excluding hydrogens is 335 g/mol. The Bertz CT molecular complexity index is 595. The van der Waals surface area contributed by atoms with E-state index < -0.39 is 0 Å². The highest BCUT2D eigenvalue weighted by Crippen LogP contribution is 2.30. The molecule has 0 atom stereocenters. The number of aromatic nitrogens is 1. The molecule has 0 radical (unpaired) electrons. The number of ether oxygens (including phenoxy) is 1. The lowest BCUT2D eigenvalue weighted by atomic mass is 10.3. The first-order chi connectivity index (χ1) is 9.10. The van der Waals surface area contributed by atoms with Gasteiger partial charge in [-0.1, -0.05) is 11.6 Å². The highest BCUT2D eigenvalue weighted by Gasteiger charge is 2.08. The van der Waals surface area contributed by atoms with Gasteiger partial charge in [0.1, 0.15) is 11.6 Å². The Morgan fingerprint density at radius 3 is 2.84 bits per heavy atom. The number of halogens is 3. The van der Waals surface area contributed by atoms with Gasteiger partial charge in [-0.2, -0.15) is 0 Å². The van der Waals surface area contributed by atoms with Gasteiger partial charge in [-0.05, 0) is 47.2 Å². The van der Waals surface area contributed by atoms with Gasteiger partial charge in [-0.25, -0.2) is 9.37 Å². The molecule has 1 aromatic heterocycles. The van der Waals surface area contributed by atoms with Crippen LogP contribution in [0.3, 0.4) is 0 Å².